The Balaban J connectivity index is 2.54. The van der Waals surface area contributed by atoms with Crippen LogP contribution in [0, 0.1) is 0 Å². The molecule has 1 aliphatic heterocycles. The molecule has 1 atom stereocenters. The van der Waals surface area contributed by atoms with E-state index in [0.29, 0.717) is 0 Å². The van der Waals surface area contributed by atoms with Crippen LogP contribution in [0.15, 0.2) is 12.3 Å². The van der Waals surface area contributed by atoms with Crippen molar-refractivity contribution in [1.29, 1.82) is 0 Å². The van der Waals surface area contributed by atoms with Crippen LogP contribution in [-0.4, -0.2) is 11.9 Å². The van der Waals surface area contributed by atoms with E-state index < -0.39 is 0 Å². The molecule has 1 saturated heterocycles. The van der Waals surface area contributed by atoms with E-state index in [-0.39, 0.29) is 11.9 Å². The van der Waals surface area contributed by atoms with Gasteiger partial charge in [0.05, 0.1) is 6.04 Å². The fourth-order valence-corrected chi connectivity index (χ4v) is 0.790. The van der Waals surface area contributed by atoms with Crippen molar-refractivity contribution in [3.05, 3.63) is 12.3 Å². The molecule has 0 saturated carbocycles. The summed E-state index contributed by atoms with van der Waals surface area (Å²) in [5.41, 5.74) is 6.17. The van der Waals surface area contributed by atoms with Gasteiger partial charge in [-0.1, -0.05) is 6.58 Å². The quantitative estimate of drug-likeness (QED) is 0.469. The maximum absolute atomic E-state index is 10.7. The average Bonchev–Trinajstić information content (AvgIpc) is 1.80. The molecule has 0 aromatic rings. The van der Waals surface area contributed by atoms with Gasteiger partial charge in [-0.3, -0.25) is 4.79 Å². The number of nitrogens with one attached hydrogen (secondary N) is 1. The van der Waals surface area contributed by atoms with Crippen LogP contribution < -0.4 is 11.1 Å². The summed E-state index contributed by atoms with van der Waals surface area (Å²) in [6.45, 7) is 3.61. The molecular weight excluding hydrogens is 116 g/mol. The SMILES string of the molecule is C=C1CCC(N)C(=O)N1. The average molecular weight is 126 g/mol. The second-order valence-corrected chi connectivity index (χ2v) is 2.24. The number of rotatable bonds is 0. The normalized spacial score (nSPS) is 27.9. The fraction of sp³-hybridized carbons (Fsp3) is 0.500. The third kappa shape index (κ3) is 1.29. The van der Waals surface area contributed by atoms with E-state index in [1.165, 1.54) is 0 Å². The van der Waals surface area contributed by atoms with Gasteiger partial charge in [0.1, 0.15) is 0 Å². The van der Waals surface area contributed by atoms with Gasteiger partial charge in [-0.2, -0.15) is 0 Å². The van der Waals surface area contributed by atoms with Gasteiger partial charge in [0, 0.05) is 5.70 Å². The van der Waals surface area contributed by atoms with Gasteiger partial charge in [-0.05, 0) is 12.8 Å². The highest BCUT2D eigenvalue weighted by atomic mass is 16.2. The maximum Gasteiger partial charge on any atom is 0.241 e. The third-order valence-electron chi connectivity index (χ3n) is 1.39. The lowest BCUT2D eigenvalue weighted by Crippen LogP contribution is -2.43. The molecule has 0 spiro atoms. The van der Waals surface area contributed by atoms with Gasteiger partial charge in [0.25, 0.3) is 0 Å². The van der Waals surface area contributed by atoms with Crippen LogP contribution in [0.2, 0.25) is 0 Å². The Morgan fingerprint density at radius 3 is 2.89 bits per heavy atom. The third-order valence-corrected chi connectivity index (χ3v) is 1.39. The Labute approximate surface area is 53.9 Å². The van der Waals surface area contributed by atoms with E-state index in [4.69, 9.17) is 5.73 Å². The molecule has 1 unspecified atom stereocenters. The van der Waals surface area contributed by atoms with Crippen LogP contribution in [0.1, 0.15) is 12.8 Å². The van der Waals surface area contributed by atoms with E-state index >= 15 is 0 Å². The molecule has 3 heteroatoms. The molecule has 0 aliphatic carbocycles. The topological polar surface area (TPSA) is 55.1 Å². The van der Waals surface area contributed by atoms with Crippen LogP contribution in [-0.2, 0) is 4.79 Å². The summed E-state index contributed by atoms with van der Waals surface area (Å²) in [5.74, 6) is -0.105. The largest absolute Gasteiger partial charge is 0.329 e. The molecule has 0 aromatic carbocycles. The summed E-state index contributed by atoms with van der Waals surface area (Å²) in [4.78, 5) is 10.7. The van der Waals surface area contributed by atoms with Crippen molar-refractivity contribution in [2.45, 2.75) is 18.9 Å². The van der Waals surface area contributed by atoms with E-state index in [0.717, 1.165) is 18.5 Å². The summed E-state index contributed by atoms with van der Waals surface area (Å²) in [6, 6.07) is -0.324. The van der Waals surface area contributed by atoms with E-state index in [1.807, 2.05) is 0 Å². The zero-order valence-corrected chi connectivity index (χ0v) is 5.18. The van der Waals surface area contributed by atoms with Gasteiger partial charge in [-0.25, -0.2) is 0 Å². The Morgan fingerprint density at radius 1 is 1.78 bits per heavy atom. The van der Waals surface area contributed by atoms with E-state index in [2.05, 4.69) is 11.9 Å². The predicted molar refractivity (Wildman–Crippen MR) is 34.5 cm³/mol. The predicted octanol–water partition coefficient (Wildman–Crippen LogP) is -0.263. The Bertz CT molecular complexity index is 153. The molecule has 1 heterocycles. The Morgan fingerprint density at radius 2 is 2.44 bits per heavy atom. The molecule has 3 N–H and O–H groups in total. The van der Waals surface area contributed by atoms with Crippen molar-refractivity contribution in [3.8, 4) is 0 Å². The first-order chi connectivity index (χ1) is 4.20. The summed E-state index contributed by atoms with van der Waals surface area (Å²) in [6.07, 6.45) is 1.54. The molecule has 0 bridgehead atoms. The summed E-state index contributed by atoms with van der Waals surface area (Å²) < 4.78 is 0. The van der Waals surface area contributed by atoms with Crippen molar-refractivity contribution in [2.75, 3.05) is 0 Å². The summed E-state index contributed by atoms with van der Waals surface area (Å²) >= 11 is 0. The standard InChI is InChI=1S/C6H10N2O/c1-4-2-3-5(7)6(9)8-4/h5H,1-3,7H2,(H,8,9). The van der Waals surface area contributed by atoms with Gasteiger partial charge >= 0.3 is 0 Å². The van der Waals surface area contributed by atoms with Crippen LogP contribution in [0.25, 0.3) is 0 Å². The minimum atomic E-state index is -0.324. The van der Waals surface area contributed by atoms with Crippen molar-refractivity contribution < 1.29 is 4.79 Å². The minimum Gasteiger partial charge on any atom is -0.329 e. The highest BCUT2D eigenvalue weighted by Gasteiger charge is 2.18. The number of nitrogens with two attached hydrogens (primary N) is 1. The number of carbonyl (C=O) groups is 1. The van der Waals surface area contributed by atoms with Gasteiger partial charge in [0.2, 0.25) is 5.91 Å². The van der Waals surface area contributed by atoms with Crippen LogP contribution >= 0.6 is 0 Å². The van der Waals surface area contributed by atoms with Gasteiger partial charge < -0.3 is 11.1 Å². The lowest BCUT2D eigenvalue weighted by atomic mass is 10.1. The fourth-order valence-electron chi connectivity index (χ4n) is 0.790. The smallest absolute Gasteiger partial charge is 0.241 e. The highest BCUT2D eigenvalue weighted by molar-refractivity contribution is 5.83. The number of hydrogen-bond donors (Lipinski definition) is 2. The van der Waals surface area contributed by atoms with Gasteiger partial charge in [0.15, 0.2) is 0 Å². The van der Waals surface area contributed by atoms with Crippen molar-refractivity contribution in [1.82, 2.24) is 5.32 Å². The van der Waals surface area contributed by atoms with Crippen LogP contribution in [0.5, 0.6) is 0 Å². The molecule has 1 rings (SSSR count). The van der Waals surface area contributed by atoms with Gasteiger partial charge in [-0.15, -0.1) is 0 Å². The van der Waals surface area contributed by atoms with Crippen molar-refractivity contribution >= 4 is 5.91 Å². The molecule has 9 heavy (non-hydrogen) atoms. The summed E-state index contributed by atoms with van der Waals surface area (Å²) in [7, 11) is 0. The zero-order chi connectivity index (χ0) is 6.85. The Hall–Kier alpha value is -0.830. The number of allylic oxidation sites excluding steroid dienone is 1. The lowest BCUT2D eigenvalue weighted by molar-refractivity contribution is -0.122. The second kappa shape index (κ2) is 2.19. The van der Waals surface area contributed by atoms with Crippen molar-refractivity contribution in [3.63, 3.8) is 0 Å². The lowest BCUT2D eigenvalue weighted by Gasteiger charge is -2.19. The number of amides is 1. The molecule has 0 radical (unpaired) electrons. The molecule has 0 aromatic heterocycles. The number of piperidine rings is 1. The first kappa shape index (κ1) is 6.29. The minimum absolute atomic E-state index is 0.105. The molecular formula is C6H10N2O. The van der Waals surface area contributed by atoms with Crippen LogP contribution in [0.3, 0.4) is 0 Å². The van der Waals surface area contributed by atoms with E-state index in [9.17, 15) is 4.79 Å². The monoisotopic (exact) mass is 126 g/mol. The molecule has 1 fully saturated rings. The second-order valence-electron chi connectivity index (χ2n) is 2.24. The molecule has 1 aliphatic rings. The molecule has 50 valence electrons. The van der Waals surface area contributed by atoms with Crippen molar-refractivity contribution in [2.24, 2.45) is 5.73 Å². The molecule has 1 amide bonds. The highest BCUT2D eigenvalue weighted by Crippen LogP contribution is 2.07. The van der Waals surface area contributed by atoms with Crippen LogP contribution in [0.4, 0.5) is 0 Å². The zero-order valence-electron chi connectivity index (χ0n) is 5.18. The maximum atomic E-state index is 10.7. The number of carbonyl (C=O) groups excluding carboxylic acids is 1. The first-order valence-electron chi connectivity index (χ1n) is 2.94. The summed E-state index contributed by atoms with van der Waals surface area (Å²) in [5, 5.41) is 2.57. The molecule has 3 nitrogen and oxygen atoms in total. The Kier molecular flexibility index (Phi) is 1.53. The number of hydrogen-bond acceptors (Lipinski definition) is 2. The van der Waals surface area contributed by atoms with E-state index in [1.54, 1.807) is 0 Å². The first-order valence-corrected chi connectivity index (χ1v) is 2.94.